The maximum Gasteiger partial charge on any atom is 0.0562 e. The molecule has 10 aromatic rings. The lowest BCUT2D eigenvalue weighted by atomic mass is 9.95. The molecule has 10 rings (SSSR count). The molecule has 1 aromatic heterocycles. The molecule has 0 bridgehead atoms. The van der Waals surface area contributed by atoms with Crippen molar-refractivity contribution >= 4 is 38.9 Å². The summed E-state index contributed by atoms with van der Waals surface area (Å²) in [6.07, 6.45) is 0. The van der Waals surface area contributed by atoms with Crippen LogP contribution in [0.5, 0.6) is 0 Å². The molecular formula is C54H38N2. The second kappa shape index (κ2) is 14.4. The summed E-state index contributed by atoms with van der Waals surface area (Å²) in [5, 5.41) is 2.44. The quantitative estimate of drug-likeness (QED) is 0.152. The van der Waals surface area contributed by atoms with Crippen LogP contribution in [0.15, 0.2) is 231 Å². The first-order valence-corrected chi connectivity index (χ1v) is 19.2. The Balaban J connectivity index is 1.28. The van der Waals surface area contributed by atoms with E-state index < -0.39 is 0 Å². The van der Waals surface area contributed by atoms with Crippen LogP contribution < -0.4 is 4.90 Å². The summed E-state index contributed by atoms with van der Waals surface area (Å²) in [6, 6.07) is 83.2. The van der Waals surface area contributed by atoms with E-state index in [0.717, 1.165) is 45.0 Å². The van der Waals surface area contributed by atoms with Gasteiger partial charge in [-0.05, 0) is 70.3 Å². The highest BCUT2D eigenvalue weighted by Gasteiger charge is 2.23. The number of para-hydroxylation sites is 3. The van der Waals surface area contributed by atoms with Crippen molar-refractivity contribution in [3.05, 3.63) is 231 Å². The van der Waals surface area contributed by atoms with Crippen molar-refractivity contribution in [1.82, 2.24) is 4.57 Å². The minimum Gasteiger partial charge on any atom is -0.309 e. The van der Waals surface area contributed by atoms with E-state index in [9.17, 15) is 0 Å². The monoisotopic (exact) mass is 714 g/mol. The lowest BCUT2D eigenvalue weighted by Crippen LogP contribution is -2.13. The maximum atomic E-state index is 2.46. The molecule has 0 saturated heterocycles. The van der Waals surface area contributed by atoms with Crippen LogP contribution in [0.4, 0.5) is 17.1 Å². The van der Waals surface area contributed by atoms with Crippen molar-refractivity contribution < 1.29 is 0 Å². The van der Waals surface area contributed by atoms with Crippen molar-refractivity contribution in [1.29, 1.82) is 0 Å². The Labute approximate surface area is 327 Å². The van der Waals surface area contributed by atoms with Gasteiger partial charge >= 0.3 is 0 Å². The summed E-state index contributed by atoms with van der Waals surface area (Å²) in [5.74, 6) is 0. The average molecular weight is 715 g/mol. The molecule has 264 valence electrons. The predicted octanol–water partition coefficient (Wildman–Crippen LogP) is 14.9. The molecule has 0 saturated carbocycles. The zero-order valence-corrected chi connectivity index (χ0v) is 30.8. The standard InChI is InChI=1S/C54H38N2/c1-5-19-39(20-6-1)43-33-36-53(49(37-43)42-25-11-4-12-26-42)55(50-30-16-13-27-45(50)40-21-7-2-8-22-40)44-34-35-48-47-29-15-18-32-52(47)56(54(48)38-44)51-31-17-14-28-46(51)41-23-9-3-10-24-41/h1-38H. The molecule has 0 radical (unpaired) electrons. The number of hydrogen-bond donors (Lipinski definition) is 0. The molecule has 0 unspecified atom stereocenters. The lowest BCUT2D eigenvalue weighted by Gasteiger charge is -2.30. The Hall–Kier alpha value is -7.42. The molecule has 0 aliphatic rings. The van der Waals surface area contributed by atoms with Gasteiger partial charge in [0.05, 0.1) is 28.1 Å². The molecule has 2 heteroatoms. The topological polar surface area (TPSA) is 8.17 Å². The second-order valence-corrected chi connectivity index (χ2v) is 14.1. The fourth-order valence-electron chi connectivity index (χ4n) is 8.22. The van der Waals surface area contributed by atoms with Gasteiger partial charge in [-0.1, -0.05) is 188 Å². The molecule has 0 fully saturated rings. The van der Waals surface area contributed by atoms with Crippen LogP contribution in [0.1, 0.15) is 0 Å². The minimum atomic E-state index is 1.08. The van der Waals surface area contributed by atoms with E-state index in [1.54, 1.807) is 0 Å². The lowest BCUT2D eigenvalue weighted by molar-refractivity contribution is 1.18. The van der Waals surface area contributed by atoms with Crippen LogP contribution in [0, 0.1) is 0 Å². The summed E-state index contributed by atoms with van der Waals surface area (Å²) in [7, 11) is 0. The first kappa shape index (κ1) is 33.2. The highest BCUT2D eigenvalue weighted by atomic mass is 15.1. The van der Waals surface area contributed by atoms with E-state index in [1.807, 2.05) is 0 Å². The van der Waals surface area contributed by atoms with Gasteiger partial charge in [-0.15, -0.1) is 0 Å². The molecule has 0 spiro atoms. The van der Waals surface area contributed by atoms with Gasteiger partial charge in [0.2, 0.25) is 0 Å². The Kier molecular flexibility index (Phi) is 8.55. The zero-order chi connectivity index (χ0) is 37.3. The van der Waals surface area contributed by atoms with Gasteiger partial charge in [-0.25, -0.2) is 0 Å². The fourth-order valence-corrected chi connectivity index (χ4v) is 8.22. The summed E-state index contributed by atoms with van der Waals surface area (Å²) < 4.78 is 2.45. The van der Waals surface area contributed by atoms with Gasteiger partial charge in [0, 0.05) is 33.2 Å². The molecular weight excluding hydrogens is 677 g/mol. The molecule has 0 aliphatic carbocycles. The molecule has 9 aromatic carbocycles. The number of anilines is 3. The first-order chi connectivity index (χ1) is 27.8. The molecule has 0 N–H and O–H groups in total. The van der Waals surface area contributed by atoms with Crippen LogP contribution in [0.25, 0.3) is 72.0 Å². The van der Waals surface area contributed by atoms with Gasteiger partial charge in [0.25, 0.3) is 0 Å². The summed E-state index contributed by atoms with van der Waals surface area (Å²) in [4.78, 5) is 2.46. The number of rotatable bonds is 8. The number of hydrogen-bond acceptors (Lipinski definition) is 1. The molecule has 0 atom stereocenters. The zero-order valence-electron chi connectivity index (χ0n) is 30.8. The van der Waals surface area contributed by atoms with Crippen molar-refractivity contribution in [2.45, 2.75) is 0 Å². The van der Waals surface area contributed by atoms with Crippen LogP contribution in [0.2, 0.25) is 0 Å². The SMILES string of the molecule is c1ccc(-c2ccc(N(c3ccc4c5ccccc5n(-c5ccccc5-c5ccccc5)c4c3)c3ccccc3-c3ccccc3)c(-c3ccccc3)c2)cc1. The Morgan fingerprint density at radius 1 is 0.286 bits per heavy atom. The summed E-state index contributed by atoms with van der Waals surface area (Å²) in [6.45, 7) is 0. The second-order valence-electron chi connectivity index (χ2n) is 14.1. The highest BCUT2D eigenvalue weighted by Crippen LogP contribution is 2.47. The predicted molar refractivity (Wildman–Crippen MR) is 237 cm³/mol. The number of fused-ring (bicyclic) bond motifs is 3. The fraction of sp³-hybridized carbons (Fsp3) is 0. The van der Waals surface area contributed by atoms with E-state index in [-0.39, 0.29) is 0 Å². The summed E-state index contributed by atoms with van der Waals surface area (Å²) >= 11 is 0. The number of aromatic nitrogens is 1. The van der Waals surface area contributed by atoms with Crippen molar-refractivity contribution in [3.8, 4) is 50.2 Å². The molecule has 1 heterocycles. The molecule has 56 heavy (non-hydrogen) atoms. The van der Waals surface area contributed by atoms with Crippen LogP contribution in [-0.2, 0) is 0 Å². The average Bonchev–Trinajstić information content (AvgIpc) is 3.61. The van der Waals surface area contributed by atoms with Gasteiger partial charge in [0.15, 0.2) is 0 Å². The number of nitrogens with zero attached hydrogens (tertiary/aromatic N) is 2. The van der Waals surface area contributed by atoms with E-state index in [2.05, 4.69) is 240 Å². The van der Waals surface area contributed by atoms with Crippen molar-refractivity contribution in [3.63, 3.8) is 0 Å². The van der Waals surface area contributed by atoms with E-state index in [1.165, 1.54) is 44.1 Å². The third kappa shape index (κ3) is 5.95. The van der Waals surface area contributed by atoms with Crippen molar-refractivity contribution in [2.75, 3.05) is 4.90 Å². The Morgan fingerprint density at radius 2 is 0.786 bits per heavy atom. The van der Waals surface area contributed by atoms with Crippen LogP contribution >= 0.6 is 0 Å². The van der Waals surface area contributed by atoms with Gasteiger partial charge in [0.1, 0.15) is 0 Å². The highest BCUT2D eigenvalue weighted by molar-refractivity contribution is 6.11. The van der Waals surface area contributed by atoms with Crippen LogP contribution in [-0.4, -0.2) is 4.57 Å². The molecule has 0 amide bonds. The minimum absolute atomic E-state index is 1.08. The van der Waals surface area contributed by atoms with E-state index in [0.29, 0.717) is 0 Å². The first-order valence-electron chi connectivity index (χ1n) is 19.2. The van der Waals surface area contributed by atoms with E-state index in [4.69, 9.17) is 0 Å². The number of benzene rings is 9. The van der Waals surface area contributed by atoms with Crippen molar-refractivity contribution in [2.24, 2.45) is 0 Å². The molecule has 2 nitrogen and oxygen atoms in total. The van der Waals surface area contributed by atoms with Crippen LogP contribution in [0.3, 0.4) is 0 Å². The Morgan fingerprint density at radius 3 is 1.48 bits per heavy atom. The summed E-state index contributed by atoms with van der Waals surface area (Å²) in [5.41, 5.74) is 16.2. The van der Waals surface area contributed by atoms with Gasteiger partial charge in [-0.3, -0.25) is 0 Å². The van der Waals surface area contributed by atoms with Gasteiger partial charge in [-0.2, -0.15) is 0 Å². The third-order valence-electron chi connectivity index (χ3n) is 10.8. The molecule has 0 aliphatic heterocycles. The van der Waals surface area contributed by atoms with E-state index >= 15 is 0 Å². The largest absolute Gasteiger partial charge is 0.309 e. The third-order valence-corrected chi connectivity index (χ3v) is 10.8. The Bertz CT molecular complexity index is 2950. The smallest absolute Gasteiger partial charge is 0.0562 e. The normalized spacial score (nSPS) is 11.2. The maximum absolute atomic E-state index is 2.46. The van der Waals surface area contributed by atoms with Gasteiger partial charge < -0.3 is 9.47 Å².